The summed E-state index contributed by atoms with van der Waals surface area (Å²) < 4.78 is 70.3. The fourth-order valence-corrected chi connectivity index (χ4v) is 9.21. The standard InChI is InChI=1S/C33H48N8O13P2Si/c1-19(2)29(43)39-32-38-28-25(30(44)40-32)37-18-41(28)31-27(26(23(15-42)51-31)54-57(6,7)33(3,4)5)53-56(47,48-12-8-10-34)49-16-20-13-21(14-22(20)52-55(45)46)50-24-9-11-35-17-36-24/h9,11,17-23,26-27,31,42H,8,12-16H2,1-7H3,(H2-,38,39,40,43,44,45,46)/p+1/t20-,21-,22+,23-,26?,27-,31-,56?/m1/s1. The summed E-state index contributed by atoms with van der Waals surface area (Å²) in [6, 6.07) is 3.47. The molecule has 2 fully saturated rings. The van der Waals surface area contributed by atoms with Gasteiger partial charge in [-0.25, -0.2) is 19.5 Å². The summed E-state index contributed by atoms with van der Waals surface area (Å²) in [7, 11) is -10.5. The Hall–Kier alpha value is -3.58. The Bertz CT molecular complexity index is 2030. The zero-order chi connectivity index (χ0) is 41.7. The molecule has 4 heterocycles. The number of aromatic amines is 1. The predicted octanol–water partition coefficient (Wildman–Crippen LogP) is 4.12. The Morgan fingerprint density at radius 3 is 2.63 bits per heavy atom. The lowest BCUT2D eigenvalue weighted by Gasteiger charge is -2.40. The van der Waals surface area contributed by atoms with Crippen LogP contribution >= 0.6 is 16.1 Å². The monoisotopic (exact) mass is 855 g/mol. The van der Waals surface area contributed by atoms with Crippen molar-refractivity contribution in [1.82, 2.24) is 29.5 Å². The number of nitrogens with zero attached hydrogens (tertiary/aromatic N) is 6. The van der Waals surface area contributed by atoms with Gasteiger partial charge in [0.05, 0.1) is 38.6 Å². The van der Waals surface area contributed by atoms with Gasteiger partial charge in [0, 0.05) is 35.1 Å². The molecular weight excluding hydrogens is 806 g/mol. The van der Waals surface area contributed by atoms with Gasteiger partial charge in [-0.1, -0.05) is 34.6 Å². The number of amides is 1. The topological polar surface area (TPSA) is 281 Å². The maximum absolute atomic E-state index is 14.8. The minimum atomic E-state index is -4.74. The minimum Gasteiger partial charge on any atom is -0.474 e. The molecular formula is C33H49N8O13P2Si+. The van der Waals surface area contributed by atoms with Crippen molar-refractivity contribution < 1.29 is 55.9 Å². The number of nitriles is 1. The van der Waals surface area contributed by atoms with Gasteiger partial charge >= 0.3 is 16.1 Å². The molecule has 1 saturated heterocycles. The molecule has 0 aromatic carbocycles. The van der Waals surface area contributed by atoms with Crippen molar-refractivity contribution in [3.63, 3.8) is 0 Å². The van der Waals surface area contributed by atoms with Crippen LogP contribution in [0.4, 0.5) is 5.95 Å². The number of phosphoric acid groups is 1. The Morgan fingerprint density at radius 1 is 1.25 bits per heavy atom. The van der Waals surface area contributed by atoms with Crippen molar-refractivity contribution in [3.05, 3.63) is 35.3 Å². The minimum absolute atomic E-state index is 0.0407. The quantitative estimate of drug-likeness (QED) is 0.0795. The summed E-state index contributed by atoms with van der Waals surface area (Å²) in [6.45, 7) is 12.0. The zero-order valence-corrected chi connectivity index (χ0v) is 35.4. The zero-order valence-electron chi connectivity index (χ0n) is 32.6. The molecule has 3 aromatic rings. The first-order valence-electron chi connectivity index (χ1n) is 18.3. The van der Waals surface area contributed by atoms with Crippen molar-refractivity contribution in [2.24, 2.45) is 11.8 Å². The van der Waals surface area contributed by atoms with E-state index < -0.39 is 91.1 Å². The molecule has 3 aromatic heterocycles. The van der Waals surface area contributed by atoms with Gasteiger partial charge in [-0.2, -0.15) is 10.2 Å². The van der Waals surface area contributed by atoms with Crippen LogP contribution in [0, 0.1) is 23.2 Å². The van der Waals surface area contributed by atoms with E-state index in [2.05, 4.69) is 30.2 Å². The molecule has 4 N–H and O–H groups in total. The molecule has 1 aliphatic heterocycles. The molecule has 0 spiro atoms. The summed E-state index contributed by atoms with van der Waals surface area (Å²) >= 11 is 0. The SMILES string of the molecule is CC(C)C(=O)Nc1nc2c(ncn2[C@@H]2O[C@H](CO)C(O[Si](C)(C)C(C)(C)C)[C@H]2OP(=O)(OCCC#N)OC[C@H]2C[C@@H](Oc3ccncn3)C[C@@H]2O[P+](=O)O)c(=O)[nH]1. The smallest absolute Gasteiger partial charge is 0.474 e. The first kappa shape index (κ1) is 44.5. The average molecular weight is 856 g/mol. The van der Waals surface area contributed by atoms with Gasteiger partial charge in [0.25, 0.3) is 5.56 Å². The van der Waals surface area contributed by atoms with Crippen LogP contribution in [0.1, 0.15) is 60.1 Å². The predicted molar refractivity (Wildman–Crippen MR) is 203 cm³/mol. The molecule has 21 nitrogen and oxygen atoms in total. The largest absolute Gasteiger partial charge is 0.695 e. The molecule has 24 heteroatoms. The lowest BCUT2D eigenvalue weighted by Crippen LogP contribution is -2.50. The van der Waals surface area contributed by atoms with Crippen LogP contribution in [0.25, 0.3) is 11.2 Å². The summed E-state index contributed by atoms with van der Waals surface area (Å²) in [4.78, 5) is 54.4. The number of hydrogen-bond acceptors (Lipinski definition) is 17. The van der Waals surface area contributed by atoms with E-state index in [0.717, 1.165) is 0 Å². The normalized spacial score (nSPS) is 25.4. The third-order valence-corrected chi connectivity index (χ3v) is 16.4. The van der Waals surface area contributed by atoms with Gasteiger partial charge in [-0.3, -0.25) is 38.0 Å². The number of imidazole rings is 1. The van der Waals surface area contributed by atoms with E-state index in [0.29, 0.717) is 0 Å². The molecule has 1 aliphatic carbocycles. The number of hydrogen-bond donors (Lipinski definition) is 4. The number of carbonyl (C=O) groups is 1. The third kappa shape index (κ3) is 10.9. The number of anilines is 1. The van der Waals surface area contributed by atoms with Crippen LogP contribution in [-0.4, -0.2) is 104 Å². The van der Waals surface area contributed by atoms with Crippen LogP contribution in [0.5, 0.6) is 5.88 Å². The van der Waals surface area contributed by atoms with Gasteiger partial charge in [0.2, 0.25) is 17.7 Å². The van der Waals surface area contributed by atoms with Crippen LogP contribution in [0.3, 0.4) is 0 Å². The first-order chi connectivity index (χ1) is 26.8. The summed E-state index contributed by atoms with van der Waals surface area (Å²) in [5, 5.41) is 22.2. The number of fused-ring (bicyclic) bond motifs is 1. The van der Waals surface area contributed by atoms with Crippen molar-refractivity contribution in [3.8, 4) is 11.9 Å². The Labute approximate surface area is 330 Å². The Kier molecular flexibility index (Phi) is 14.5. The van der Waals surface area contributed by atoms with Crippen LogP contribution in [0.2, 0.25) is 18.1 Å². The lowest BCUT2D eigenvalue weighted by atomic mass is 10.1. The van der Waals surface area contributed by atoms with Gasteiger partial charge in [-0.05, 0) is 24.6 Å². The molecule has 1 saturated carbocycles. The molecule has 9 atom stereocenters. The molecule has 1 amide bonds. The second kappa shape index (κ2) is 18.6. The maximum atomic E-state index is 14.8. The number of nitrogens with one attached hydrogen (secondary N) is 2. The molecule has 57 heavy (non-hydrogen) atoms. The van der Waals surface area contributed by atoms with E-state index in [-0.39, 0.29) is 60.5 Å². The van der Waals surface area contributed by atoms with Gasteiger partial charge < -0.3 is 19.0 Å². The van der Waals surface area contributed by atoms with Crippen molar-refractivity contribution >= 4 is 47.4 Å². The fourth-order valence-electron chi connectivity index (χ4n) is 5.99. The molecule has 5 rings (SSSR count). The van der Waals surface area contributed by atoms with Gasteiger partial charge in [-0.15, -0.1) is 9.42 Å². The summed E-state index contributed by atoms with van der Waals surface area (Å²) in [5.41, 5.74) is -0.831. The van der Waals surface area contributed by atoms with Gasteiger partial charge in [0.15, 0.2) is 25.7 Å². The van der Waals surface area contributed by atoms with E-state index in [1.54, 1.807) is 19.9 Å². The second-order valence-corrected chi connectivity index (χ2v) is 22.5. The highest BCUT2D eigenvalue weighted by atomic mass is 31.2. The van der Waals surface area contributed by atoms with Crippen molar-refractivity contribution in [2.75, 3.05) is 25.1 Å². The Balaban J connectivity index is 1.52. The molecule has 0 bridgehead atoms. The number of H-pyrrole nitrogens is 1. The molecule has 2 aliphatic rings. The fraction of sp³-hybridized carbons (Fsp3) is 0.667. The first-order valence-corrected chi connectivity index (χ1v) is 23.8. The van der Waals surface area contributed by atoms with Gasteiger partial charge in [0.1, 0.15) is 36.8 Å². The summed E-state index contributed by atoms with van der Waals surface area (Å²) in [6.07, 6.45) is -2.05. The van der Waals surface area contributed by atoms with Crippen molar-refractivity contribution in [2.45, 2.75) is 109 Å². The Morgan fingerprint density at radius 2 is 2.00 bits per heavy atom. The number of aliphatic hydroxyl groups is 1. The van der Waals surface area contributed by atoms with Crippen molar-refractivity contribution in [1.29, 1.82) is 5.26 Å². The average Bonchev–Trinajstić information content (AvgIpc) is 3.82. The second-order valence-electron chi connectivity index (χ2n) is 15.4. The van der Waals surface area contributed by atoms with E-state index in [1.807, 2.05) is 39.9 Å². The lowest BCUT2D eigenvalue weighted by molar-refractivity contribution is -0.118. The molecule has 312 valence electrons. The number of ether oxygens (including phenoxy) is 2. The number of phosphoric ester groups is 1. The summed E-state index contributed by atoms with van der Waals surface area (Å²) in [5.74, 6) is -1.40. The van der Waals surface area contributed by atoms with E-state index in [1.165, 1.54) is 23.4 Å². The van der Waals surface area contributed by atoms with E-state index >= 15 is 0 Å². The van der Waals surface area contributed by atoms with E-state index in [9.17, 15) is 34.0 Å². The maximum Gasteiger partial charge on any atom is 0.695 e. The number of aromatic nitrogens is 6. The highest BCUT2D eigenvalue weighted by Crippen LogP contribution is 2.56. The highest BCUT2D eigenvalue weighted by molar-refractivity contribution is 7.48. The highest BCUT2D eigenvalue weighted by Gasteiger charge is 2.55. The van der Waals surface area contributed by atoms with Crippen LogP contribution < -0.4 is 15.6 Å². The number of rotatable bonds is 18. The molecule has 3 unspecified atom stereocenters. The third-order valence-electron chi connectivity index (χ3n) is 9.99. The number of aliphatic hydroxyl groups excluding tert-OH is 1. The molecule has 0 radical (unpaired) electrons. The number of carbonyl (C=O) groups excluding carboxylic acids is 1. The van der Waals surface area contributed by atoms with Crippen LogP contribution in [-0.2, 0) is 41.2 Å². The van der Waals surface area contributed by atoms with Crippen LogP contribution in [0.15, 0.2) is 29.7 Å². The van der Waals surface area contributed by atoms with E-state index in [4.69, 9.17) is 32.0 Å².